The molecule has 6 nitrogen and oxygen atoms in total. The zero-order chi connectivity index (χ0) is 7.49. The average molecular weight is 171 g/mol. The normalized spacial score (nSPS) is 14.7. The summed E-state index contributed by atoms with van der Waals surface area (Å²) in [5, 5.41) is 0. The van der Waals surface area contributed by atoms with Crippen LogP contribution in [0.2, 0.25) is 0 Å². The molecule has 4 N–H and O–H groups in total. The lowest BCUT2D eigenvalue weighted by Crippen LogP contribution is -2.12. The van der Waals surface area contributed by atoms with Gasteiger partial charge in [-0.3, -0.25) is 4.57 Å². The Morgan fingerprint density at radius 1 is 1.50 bits per heavy atom. The summed E-state index contributed by atoms with van der Waals surface area (Å²) in [5.74, 6) is 0. The summed E-state index contributed by atoms with van der Waals surface area (Å²) in [6.45, 7) is 0. The van der Waals surface area contributed by atoms with Crippen molar-refractivity contribution in [3.8, 4) is 0 Å². The van der Waals surface area contributed by atoms with Crippen LogP contribution in [0, 0.1) is 0 Å². The zero-order valence-corrected chi connectivity index (χ0v) is 6.88. The predicted octanol–water partition coefficient (Wildman–Crippen LogP) is 0.329. The maximum atomic E-state index is 10.3. The lowest BCUT2D eigenvalue weighted by Gasteiger charge is -2.16. The highest BCUT2D eigenvalue weighted by atomic mass is 31.2. The van der Waals surface area contributed by atoms with Gasteiger partial charge in [0.1, 0.15) is 0 Å². The average Bonchev–Trinajstić information content (AvgIpc) is 1.86. The van der Waals surface area contributed by atoms with Gasteiger partial charge in [-0.25, -0.2) is 4.79 Å². The van der Waals surface area contributed by atoms with Gasteiger partial charge in [0.15, 0.2) is 0 Å². The monoisotopic (exact) mass is 171 g/mol. The van der Waals surface area contributed by atoms with Crippen molar-refractivity contribution in [1.82, 2.24) is 6.15 Å². The van der Waals surface area contributed by atoms with Gasteiger partial charge in [-0.2, -0.15) is 0 Å². The molecule has 0 aromatic rings. The van der Waals surface area contributed by atoms with Crippen molar-refractivity contribution < 1.29 is 23.5 Å². The van der Waals surface area contributed by atoms with E-state index in [1.54, 1.807) is 0 Å². The molecule has 0 aliphatic heterocycles. The van der Waals surface area contributed by atoms with Crippen LogP contribution < -0.4 is 11.0 Å². The fourth-order valence-electron chi connectivity index (χ4n) is 0.186. The highest BCUT2D eigenvalue weighted by Crippen LogP contribution is 2.37. The molecule has 0 radical (unpaired) electrons. The number of ether oxygens (including phenoxy) is 1. The van der Waals surface area contributed by atoms with E-state index in [1.165, 1.54) is 0 Å². The van der Waals surface area contributed by atoms with Gasteiger partial charge in [0.2, 0.25) is 7.60 Å². The van der Waals surface area contributed by atoms with Crippen LogP contribution in [0.1, 0.15) is 0 Å². The van der Waals surface area contributed by atoms with Gasteiger partial charge in [-0.05, 0) is 0 Å². The summed E-state index contributed by atoms with van der Waals surface area (Å²) in [4.78, 5) is 20.4. The third-order valence-corrected chi connectivity index (χ3v) is 1.75. The number of methoxy groups -OCH3 is 1. The molecule has 10 heavy (non-hydrogen) atoms. The molecule has 0 spiro atoms. The molecule has 0 heterocycles. The van der Waals surface area contributed by atoms with Crippen molar-refractivity contribution in [2.45, 2.75) is 0 Å². The topological polar surface area (TPSA) is 112 Å². The number of carbonyl (C=O) groups excluding carboxylic acids is 1. The maximum absolute atomic E-state index is 10.3. The summed E-state index contributed by atoms with van der Waals surface area (Å²) in [6, 6.07) is 0. The van der Waals surface area contributed by atoms with Crippen molar-refractivity contribution in [3.63, 3.8) is 0 Å². The van der Waals surface area contributed by atoms with Crippen LogP contribution >= 0.6 is 7.60 Å². The van der Waals surface area contributed by atoms with Crippen LogP contribution in [0.4, 0.5) is 4.79 Å². The van der Waals surface area contributed by atoms with E-state index in [9.17, 15) is 14.3 Å². The number of hydrogen-bond acceptors (Lipinski definition) is 5. The molecule has 1 unspecified atom stereocenters. The second kappa shape index (κ2) is 4.40. The van der Waals surface area contributed by atoms with Crippen LogP contribution in [-0.4, -0.2) is 19.9 Å². The SMILES string of the molecule is COC(=O)P(=O)([O-])OC.[NH4+]. The minimum atomic E-state index is -4.38. The molecule has 0 amide bonds. The summed E-state index contributed by atoms with van der Waals surface area (Å²) in [5.41, 5.74) is -1.36. The Morgan fingerprint density at radius 2 is 1.90 bits per heavy atom. The predicted molar refractivity (Wildman–Crippen MR) is 33.0 cm³/mol. The molecule has 0 aromatic heterocycles. The van der Waals surface area contributed by atoms with Gasteiger partial charge in [0.25, 0.3) is 0 Å². The van der Waals surface area contributed by atoms with Crippen molar-refractivity contribution >= 4 is 13.3 Å². The van der Waals surface area contributed by atoms with E-state index in [0.29, 0.717) is 0 Å². The quantitative estimate of drug-likeness (QED) is 0.601. The Labute approximate surface area is 58.3 Å². The fourth-order valence-corrected chi connectivity index (χ4v) is 0.559. The van der Waals surface area contributed by atoms with Crippen molar-refractivity contribution in [2.75, 3.05) is 14.2 Å². The summed E-state index contributed by atoms with van der Waals surface area (Å²) < 4.78 is 17.9. The second-order valence-electron chi connectivity index (χ2n) is 1.15. The lowest BCUT2D eigenvalue weighted by molar-refractivity contribution is -0.193. The molecule has 0 bridgehead atoms. The van der Waals surface area contributed by atoms with Gasteiger partial charge in [-0.1, -0.05) is 0 Å². The number of rotatable bonds is 2. The maximum Gasteiger partial charge on any atom is 0.376 e. The molecule has 7 heteroatoms. The zero-order valence-electron chi connectivity index (χ0n) is 5.99. The molecular formula is C3H10NO5P. The third kappa shape index (κ3) is 2.93. The highest BCUT2D eigenvalue weighted by molar-refractivity contribution is 7.69. The summed E-state index contributed by atoms with van der Waals surface area (Å²) >= 11 is 0. The van der Waals surface area contributed by atoms with Crippen molar-refractivity contribution in [3.05, 3.63) is 0 Å². The Hall–Kier alpha value is -0.420. The minimum absolute atomic E-state index is 0. The molecule has 0 aliphatic rings. The van der Waals surface area contributed by atoms with E-state index < -0.39 is 13.3 Å². The Balaban J connectivity index is 0. The van der Waals surface area contributed by atoms with Crippen LogP contribution in [0.15, 0.2) is 0 Å². The van der Waals surface area contributed by atoms with Crippen LogP contribution in [0.25, 0.3) is 0 Å². The molecule has 0 saturated heterocycles. The van der Waals surface area contributed by atoms with Crippen LogP contribution in [0.3, 0.4) is 0 Å². The van der Waals surface area contributed by atoms with Gasteiger partial charge in [-0.15, -0.1) is 0 Å². The molecule has 0 rings (SSSR count). The van der Waals surface area contributed by atoms with E-state index >= 15 is 0 Å². The van der Waals surface area contributed by atoms with Gasteiger partial charge in [0.05, 0.1) is 7.11 Å². The highest BCUT2D eigenvalue weighted by Gasteiger charge is 2.17. The van der Waals surface area contributed by atoms with Crippen molar-refractivity contribution in [2.24, 2.45) is 0 Å². The summed E-state index contributed by atoms with van der Waals surface area (Å²) in [7, 11) is -2.52. The lowest BCUT2D eigenvalue weighted by atomic mass is 11.5. The molecule has 0 aromatic carbocycles. The summed E-state index contributed by atoms with van der Waals surface area (Å²) in [6.07, 6.45) is 0. The van der Waals surface area contributed by atoms with Gasteiger partial charge in [0, 0.05) is 7.11 Å². The Morgan fingerprint density at radius 3 is 2.00 bits per heavy atom. The molecule has 0 fully saturated rings. The van der Waals surface area contributed by atoms with E-state index in [1.807, 2.05) is 0 Å². The Bertz CT molecular complexity index is 157. The molecule has 1 atom stereocenters. The largest absolute Gasteiger partial charge is 0.770 e. The molecule has 0 saturated carbocycles. The van der Waals surface area contributed by atoms with E-state index in [-0.39, 0.29) is 6.15 Å². The Kier molecular flexibility index (Phi) is 5.41. The van der Waals surface area contributed by atoms with E-state index in [4.69, 9.17) is 0 Å². The first kappa shape index (κ1) is 12.3. The van der Waals surface area contributed by atoms with E-state index in [2.05, 4.69) is 9.26 Å². The first-order valence-electron chi connectivity index (χ1n) is 2.00. The standard InChI is InChI=1S/C3H7O5P.H3N/c1-7-3(4)9(5,6)8-2;/h1-2H3,(H,5,6);1H3. The van der Waals surface area contributed by atoms with Crippen molar-refractivity contribution in [1.29, 1.82) is 0 Å². The number of hydrogen-bond donors (Lipinski definition) is 1. The molecule has 0 aliphatic carbocycles. The van der Waals surface area contributed by atoms with Crippen LogP contribution in [-0.2, 0) is 13.8 Å². The first-order valence-corrected chi connectivity index (χ1v) is 3.54. The number of carbonyl (C=O) groups is 1. The van der Waals surface area contributed by atoms with Crippen LogP contribution in [0.5, 0.6) is 0 Å². The first-order chi connectivity index (χ1) is 4.04. The third-order valence-electron chi connectivity index (χ3n) is 0.639. The molecular weight excluding hydrogens is 161 g/mol. The van der Waals surface area contributed by atoms with Gasteiger partial charge < -0.3 is 20.3 Å². The van der Waals surface area contributed by atoms with Gasteiger partial charge >= 0.3 is 5.71 Å². The second-order valence-corrected chi connectivity index (χ2v) is 2.88. The number of quaternary nitrogens is 1. The van der Waals surface area contributed by atoms with E-state index in [0.717, 1.165) is 14.2 Å². The molecule has 62 valence electrons. The smallest absolute Gasteiger partial charge is 0.376 e. The minimum Gasteiger partial charge on any atom is -0.770 e. The fraction of sp³-hybridized carbons (Fsp3) is 0.667.